The Balaban J connectivity index is 1.73. The number of aromatic amines is 1. The summed E-state index contributed by atoms with van der Waals surface area (Å²) < 4.78 is 25.0. The van der Waals surface area contributed by atoms with Gasteiger partial charge >= 0.3 is 0 Å². The molecule has 1 aliphatic heterocycles. The topological polar surface area (TPSA) is 91.8 Å². The summed E-state index contributed by atoms with van der Waals surface area (Å²) in [5.41, 5.74) is 3.50. The van der Waals surface area contributed by atoms with Gasteiger partial charge in [-0.15, -0.1) is 0 Å². The number of nitrogens with one attached hydrogen (secondary N) is 1. The van der Waals surface area contributed by atoms with Crippen LogP contribution in [0.25, 0.3) is 11.4 Å². The second kappa shape index (κ2) is 6.37. The first kappa shape index (κ1) is 16.1. The fourth-order valence-corrected chi connectivity index (χ4v) is 3.93. The molecule has 0 radical (unpaired) electrons. The van der Waals surface area contributed by atoms with Gasteiger partial charge in [0, 0.05) is 24.5 Å². The number of rotatable bonds is 4. The van der Waals surface area contributed by atoms with Crippen LogP contribution in [0.1, 0.15) is 24.2 Å². The number of hydrogen-bond donors (Lipinski definition) is 1. The Bertz CT molecular complexity index is 787. The highest BCUT2D eigenvalue weighted by Gasteiger charge is 2.26. The van der Waals surface area contributed by atoms with Crippen LogP contribution in [-0.4, -0.2) is 52.2 Å². The molecule has 124 valence electrons. The van der Waals surface area contributed by atoms with Crippen LogP contribution in [0.3, 0.4) is 0 Å². The highest BCUT2D eigenvalue weighted by molar-refractivity contribution is 7.88. The molecule has 0 spiro atoms. The number of hydrogen-bond acceptors (Lipinski definition) is 5. The van der Waals surface area contributed by atoms with Gasteiger partial charge in [0.25, 0.3) is 0 Å². The van der Waals surface area contributed by atoms with Crippen molar-refractivity contribution in [1.82, 2.24) is 24.5 Å². The number of aryl methyl sites for hydroxylation is 1. The SMILES string of the molecule is Cc1cc(-c2cc(C[C@@H]3CCCN(S(C)(=O)=O)C3)ncn2)n[nH]1. The molecule has 1 atom stereocenters. The Morgan fingerprint density at radius 1 is 1.30 bits per heavy atom. The third kappa shape index (κ3) is 3.94. The zero-order valence-electron chi connectivity index (χ0n) is 13.4. The molecule has 3 heterocycles. The minimum Gasteiger partial charge on any atom is -0.282 e. The van der Waals surface area contributed by atoms with E-state index < -0.39 is 10.0 Å². The molecule has 3 rings (SSSR count). The van der Waals surface area contributed by atoms with Crippen LogP contribution in [0.4, 0.5) is 0 Å². The van der Waals surface area contributed by atoms with Gasteiger partial charge in [-0.1, -0.05) is 0 Å². The van der Waals surface area contributed by atoms with Gasteiger partial charge in [-0.2, -0.15) is 5.10 Å². The van der Waals surface area contributed by atoms with Crippen LogP contribution >= 0.6 is 0 Å². The molecule has 0 unspecified atom stereocenters. The average Bonchev–Trinajstić information content (AvgIpc) is 2.94. The maximum Gasteiger partial charge on any atom is 0.211 e. The van der Waals surface area contributed by atoms with E-state index in [1.807, 2.05) is 19.1 Å². The molecule has 7 nitrogen and oxygen atoms in total. The molecular formula is C15H21N5O2S. The normalized spacial score (nSPS) is 19.8. The van der Waals surface area contributed by atoms with E-state index in [9.17, 15) is 8.42 Å². The molecule has 1 N–H and O–H groups in total. The Hall–Kier alpha value is -1.80. The molecule has 1 aliphatic rings. The van der Waals surface area contributed by atoms with Crippen LogP contribution in [0, 0.1) is 12.8 Å². The largest absolute Gasteiger partial charge is 0.282 e. The van der Waals surface area contributed by atoms with E-state index in [1.165, 1.54) is 6.26 Å². The number of nitrogens with zero attached hydrogens (tertiary/aromatic N) is 4. The van der Waals surface area contributed by atoms with Crippen molar-refractivity contribution in [2.24, 2.45) is 5.92 Å². The summed E-state index contributed by atoms with van der Waals surface area (Å²) in [6, 6.07) is 3.88. The monoisotopic (exact) mass is 335 g/mol. The zero-order valence-corrected chi connectivity index (χ0v) is 14.2. The molecule has 2 aromatic heterocycles. The van der Waals surface area contributed by atoms with E-state index >= 15 is 0 Å². The molecule has 0 saturated carbocycles. The second-order valence-electron chi connectivity index (χ2n) is 6.16. The van der Waals surface area contributed by atoms with Crippen molar-refractivity contribution in [3.63, 3.8) is 0 Å². The van der Waals surface area contributed by atoms with Gasteiger partial charge in [0.1, 0.15) is 12.0 Å². The molecule has 0 bridgehead atoms. The average molecular weight is 335 g/mol. The van der Waals surface area contributed by atoms with Gasteiger partial charge in [0.2, 0.25) is 10.0 Å². The van der Waals surface area contributed by atoms with Crippen molar-refractivity contribution in [2.45, 2.75) is 26.2 Å². The lowest BCUT2D eigenvalue weighted by Gasteiger charge is -2.30. The highest BCUT2D eigenvalue weighted by Crippen LogP contribution is 2.23. The summed E-state index contributed by atoms with van der Waals surface area (Å²) in [6.07, 6.45) is 5.50. The molecule has 23 heavy (non-hydrogen) atoms. The maximum atomic E-state index is 11.7. The first-order valence-corrected chi connectivity index (χ1v) is 9.55. The minimum atomic E-state index is -3.11. The lowest BCUT2D eigenvalue weighted by atomic mass is 9.94. The molecule has 0 aromatic carbocycles. The van der Waals surface area contributed by atoms with Gasteiger partial charge < -0.3 is 0 Å². The van der Waals surface area contributed by atoms with Crippen LogP contribution in [-0.2, 0) is 16.4 Å². The van der Waals surface area contributed by atoms with Crippen LogP contribution in [0.15, 0.2) is 18.5 Å². The van der Waals surface area contributed by atoms with Crippen molar-refractivity contribution >= 4 is 10.0 Å². The van der Waals surface area contributed by atoms with Gasteiger partial charge in [-0.05, 0) is 44.2 Å². The molecule has 8 heteroatoms. The van der Waals surface area contributed by atoms with Crippen LogP contribution < -0.4 is 0 Å². The quantitative estimate of drug-likeness (QED) is 0.911. The molecule has 1 fully saturated rings. The minimum absolute atomic E-state index is 0.294. The molecule has 2 aromatic rings. The number of H-pyrrole nitrogens is 1. The van der Waals surface area contributed by atoms with Crippen molar-refractivity contribution in [3.8, 4) is 11.4 Å². The van der Waals surface area contributed by atoms with Gasteiger partial charge in [-0.25, -0.2) is 22.7 Å². The lowest BCUT2D eigenvalue weighted by Crippen LogP contribution is -2.39. The lowest BCUT2D eigenvalue weighted by molar-refractivity contribution is 0.265. The summed E-state index contributed by atoms with van der Waals surface area (Å²) >= 11 is 0. The molecule has 0 aliphatic carbocycles. The number of piperidine rings is 1. The van der Waals surface area contributed by atoms with Crippen LogP contribution in [0.5, 0.6) is 0 Å². The Morgan fingerprint density at radius 2 is 2.13 bits per heavy atom. The molecule has 1 saturated heterocycles. The zero-order chi connectivity index (χ0) is 16.4. The maximum absolute atomic E-state index is 11.7. The Morgan fingerprint density at radius 3 is 2.83 bits per heavy atom. The van der Waals surface area contributed by atoms with E-state index in [1.54, 1.807) is 10.6 Å². The second-order valence-corrected chi connectivity index (χ2v) is 8.15. The summed E-state index contributed by atoms with van der Waals surface area (Å²) in [7, 11) is -3.11. The summed E-state index contributed by atoms with van der Waals surface area (Å²) in [5, 5.41) is 7.12. The van der Waals surface area contributed by atoms with Gasteiger partial charge in [0.05, 0.1) is 11.9 Å². The standard InChI is InChI=1S/C15H21N5O2S/c1-11-6-15(19-18-11)14-8-13(16-10-17-14)7-12-4-3-5-20(9-12)23(2,21)22/h6,8,10,12H,3-5,7,9H2,1-2H3,(H,18,19)/t12-/m0/s1. The van der Waals surface area contributed by atoms with Gasteiger partial charge in [0.15, 0.2) is 0 Å². The highest BCUT2D eigenvalue weighted by atomic mass is 32.2. The van der Waals surface area contributed by atoms with Crippen LogP contribution in [0.2, 0.25) is 0 Å². The smallest absolute Gasteiger partial charge is 0.211 e. The van der Waals surface area contributed by atoms with E-state index in [4.69, 9.17) is 0 Å². The summed E-state index contributed by atoms with van der Waals surface area (Å²) in [6.45, 7) is 3.14. The van der Waals surface area contributed by atoms with Crippen molar-refractivity contribution in [1.29, 1.82) is 0 Å². The fourth-order valence-electron chi connectivity index (χ4n) is 2.99. The van der Waals surface area contributed by atoms with E-state index in [0.29, 0.717) is 19.0 Å². The molecule has 0 amide bonds. The predicted octanol–water partition coefficient (Wildman–Crippen LogP) is 1.39. The third-order valence-electron chi connectivity index (χ3n) is 4.14. The third-order valence-corrected chi connectivity index (χ3v) is 5.41. The summed E-state index contributed by atoms with van der Waals surface area (Å²) in [4.78, 5) is 8.61. The van der Waals surface area contributed by atoms with E-state index in [-0.39, 0.29) is 0 Å². The summed E-state index contributed by atoms with van der Waals surface area (Å²) in [5.74, 6) is 0.294. The number of sulfonamides is 1. The first-order valence-electron chi connectivity index (χ1n) is 7.70. The number of aromatic nitrogens is 4. The Labute approximate surface area is 136 Å². The van der Waals surface area contributed by atoms with Crippen molar-refractivity contribution in [3.05, 3.63) is 29.8 Å². The van der Waals surface area contributed by atoms with E-state index in [2.05, 4.69) is 20.2 Å². The Kier molecular flexibility index (Phi) is 4.45. The van der Waals surface area contributed by atoms with Crippen molar-refractivity contribution < 1.29 is 8.42 Å². The fraction of sp³-hybridized carbons (Fsp3) is 0.533. The predicted molar refractivity (Wildman–Crippen MR) is 87.2 cm³/mol. The van der Waals surface area contributed by atoms with Crippen molar-refractivity contribution in [2.75, 3.05) is 19.3 Å². The van der Waals surface area contributed by atoms with E-state index in [0.717, 1.165) is 42.0 Å². The van der Waals surface area contributed by atoms with Gasteiger partial charge in [-0.3, -0.25) is 5.10 Å². The first-order chi connectivity index (χ1) is 10.9. The molecular weight excluding hydrogens is 314 g/mol.